The normalized spacial score (nSPS) is 11.9. The van der Waals surface area contributed by atoms with E-state index in [2.05, 4.69) is 12.1 Å². The summed E-state index contributed by atoms with van der Waals surface area (Å²) in [5.41, 5.74) is 18.2. The molecular weight excluding hydrogens is 404 g/mol. The molecule has 8 heteroatoms. The first kappa shape index (κ1) is 19.2. The van der Waals surface area contributed by atoms with Gasteiger partial charge in [-0.25, -0.2) is 0 Å². The Labute approximate surface area is 183 Å². The van der Waals surface area contributed by atoms with Gasteiger partial charge >= 0.3 is 0 Å². The van der Waals surface area contributed by atoms with E-state index in [1.165, 1.54) is 0 Å². The number of fused-ring (bicyclic) bond motifs is 2. The number of benzene rings is 2. The molecule has 1 aliphatic rings. The average Bonchev–Trinajstić information content (AvgIpc) is 3.22. The highest BCUT2D eigenvalue weighted by molar-refractivity contribution is 5.71. The van der Waals surface area contributed by atoms with E-state index in [0.717, 1.165) is 22.5 Å². The zero-order chi connectivity index (χ0) is 22.6. The van der Waals surface area contributed by atoms with Gasteiger partial charge in [0.1, 0.15) is 35.3 Å². The summed E-state index contributed by atoms with van der Waals surface area (Å²) in [6.07, 6.45) is 0.741. The smallest absolute Gasteiger partial charge is 0.126 e. The molecule has 0 bridgehead atoms. The van der Waals surface area contributed by atoms with Gasteiger partial charge in [-0.15, -0.1) is 0 Å². The molecule has 6 N–H and O–H groups in total. The molecule has 0 unspecified atom stereocenters. The molecule has 156 valence electrons. The van der Waals surface area contributed by atoms with E-state index in [9.17, 15) is 20.7 Å². The second-order valence-electron chi connectivity index (χ2n) is 7.65. The predicted molar refractivity (Wildman–Crippen MR) is 119 cm³/mol. The number of nitrogens with two attached hydrogens (primary N) is 2. The van der Waals surface area contributed by atoms with Crippen LogP contribution >= 0.6 is 0 Å². The number of aromatic nitrogens is 2. The minimum atomic E-state index is 0.127. The summed E-state index contributed by atoms with van der Waals surface area (Å²) < 4.78 is 3.59. The second-order valence-corrected chi connectivity index (χ2v) is 7.65. The van der Waals surface area contributed by atoms with Gasteiger partial charge in [-0.05, 0) is 59.7 Å². The van der Waals surface area contributed by atoms with Gasteiger partial charge in [0.05, 0.1) is 11.1 Å². The number of nitriles is 2. The van der Waals surface area contributed by atoms with Crippen LogP contribution in [0.4, 0.5) is 11.6 Å². The Bertz CT molecular complexity index is 1350. The summed E-state index contributed by atoms with van der Waals surface area (Å²) in [5.74, 6) is 0.885. The van der Waals surface area contributed by atoms with Crippen LogP contribution < -0.4 is 11.5 Å². The lowest BCUT2D eigenvalue weighted by Crippen LogP contribution is -2.13. The maximum atomic E-state index is 9.85. The molecular formula is C24H18N6O2. The maximum absolute atomic E-state index is 9.85. The largest absolute Gasteiger partial charge is 0.508 e. The van der Waals surface area contributed by atoms with Crippen LogP contribution in [-0.2, 0) is 12.8 Å². The topological polar surface area (TPSA) is 150 Å². The third kappa shape index (κ3) is 2.60. The molecule has 0 aliphatic heterocycles. The Balaban J connectivity index is 1.75. The number of aromatic hydroxyl groups is 2. The maximum Gasteiger partial charge on any atom is 0.126 e. The van der Waals surface area contributed by atoms with Crippen LogP contribution in [0.25, 0.3) is 11.4 Å². The third-order valence-corrected chi connectivity index (χ3v) is 5.96. The monoisotopic (exact) mass is 422 g/mol. The van der Waals surface area contributed by atoms with Gasteiger partial charge in [0.15, 0.2) is 0 Å². The number of phenolic OH excluding ortho intramolecular Hbond substituents is 2. The predicted octanol–water partition coefficient (Wildman–Crippen LogP) is 3.08. The zero-order valence-corrected chi connectivity index (χ0v) is 16.9. The van der Waals surface area contributed by atoms with E-state index in [1.807, 2.05) is 0 Å². The highest BCUT2D eigenvalue weighted by Gasteiger charge is 2.33. The second kappa shape index (κ2) is 6.86. The summed E-state index contributed by atoms with van der Waals surface area (Å²) in [5, 5.41) is 39.0. The Hall–Kier alpha value is -4.82. The van der Waals surface area contributed by atoms with Crippen molar-refractivity contribution >= 4 is 11.6 Å². The Morgan fingerprint density at radius 2 is 1.00 bits per heavy atom. The van der Waals surface area contributed by atoms with Crippen LogP contribution in [0.15, 0.2) is 48.5 Å². The van der Waals surface area contributed by atoms with Crippen molar-refractivity contribution in [3.8, 4) is 35.0 Å². The number of rotatable bonds is 2. The quantitative estimate of drug-likeness (QED) is 0.343. The Morgan fingerprint density at radius 3 is 1.31 bits per heavy atom. The number of anilines is 2. The van der Waals surface area contributed by atoms with Crippen molar-refractivity contribution in [2.24, 2.45) is 0 Å². The van der Waals surface area contributed by atoms with Crippen molar-refractivity contribution in [2.75, 3.05) is 11.5 Å². The molecule has 8 nitrogen and oxygen atoms in total. The van der Waals surface area contributed by atoms with E-state index in [4.69, 9.17) is 11.5 Å². The molecule has 4 aromatic rings. The van der Waals surface area contributed by atoms with Gasteiger partial charge in [-0.2, -0.15) is 10.5 Å². The van der Waals surface area contributed by atoms with E-state index in [1.54, 1.807) is 57.7 Å². The standard InChI is InChI=1S/C24H18N6O2/c25-11-19-17-10-22-18(9-21(17)29(23(19)27)13-1-5-15(31)6-2-13)20(12-26)24(28)30(22)14-3-7-16(32)8-4-14/h1-8,31-32H,9-10,27-28H2. The van der Waals surface area contributed by atoms with E-state index < -0.39 is 0 Å². The first-order valence-electron chi connectivity index (χ1n) is 9.87. The van der Waals surface area contributed by atoms with Gasteiger partial charge in [0.25, 0.3) is 0 Å². The number of nitrogens with zero attached hydrogens (tertiary/aromatic N) is 4. The minimum absolute atomic E-state index is 0.127. The van der Waals surface area contributed by atoms with Crippen LogP contribution in [0.2, 0.25) is 0 Å². The van der Waals surface area contributed by atoms with Crippen molar-refractivity contribution in [3.05, 3.63) is 82.2 Å². The molecule has 0 fully saturated rings. The summed E-state index contributed by atoms with van der Waals surface area (Å²) in [4.78, 5) is 0. The third-order valence-electron chi connectivity index (χ3n) is 5.96. The van der Waals surface area contributed by atoms with Gasteiger partial charge < -0.3 is 21.7 Å². The summed E-state index contributed by atoms with van der Waals surface area (Å²) in [7, 11) is 0. The fraction of sp³-hybridized carbons (Fsp3) is 0.0833. The fourth-order valence-electron chi connectivity index (χ4n) is 4.51. The molecule has 2 aromatic carbocycles. The first-order valence-corrected chi connectivity index (χ1v) is 9.87. The average molecular weight is 422 g/mol. The van der Waals surface area contributed by atoms with E-state index >= 15 is 0 Å². The van der Waals surface area contributed by atoms with Gasteiger partial charge in [-0.3, -0.25) is 9.13 Å². The zero-order valence-electron chi connectivity index (χ0n) is 16.9. The number of phenols is 2. The molecule has 0 saturated heterocycles. The van der Waals surface area contributed by atoms with Crippen molar-refractivity contribution in [1.29, 1.82) is 10.5 Å². The molecule has 2 heterocycles. The van der Waals surface area contributed by atoms with E-state index in [-0.39, 0.29) is 11.5 Å². The molecule has 0 atom stereocenters. The molecule has 32 heavy (non-hydrogen) atoms. The van der Waals surface area contributed by atoms with Crippen molar-refractivity contribution in [3.63, 3.8) is 0 Å². The van der Waals surface area contributed by atoms with Gasteiger partial charge in [0, 0.05) is 35.6 Å². The van der Waals surface area contributed by atoms with Crippen molar-refractivity contribution in [2.45, 2.75) is 12.8 Å². The summed E-state index contributed by atoms with van der Waals surface area (Å²) >= 11 is 0. The van der Waals surface area contributed by atoms with Gasteiger partial charge in [-0.1, -0.05) is 0 Å². The highest BCUT2D eigenvalue weighted by atomic mass is 16.3. The lowest BCUT2D eigenvalue weighted by molar-refractivity contribution is 0.474. The Morgan fingerprint density at radius 1 is 0.656 bits per heavy atom. The highest BCUT2D eigenvalue weighted by Crippen LogP contribution is 2.41. The molecule has 0 saturated carbocycles. The molecule has 0 spiro atoms. The first-order chi connectivity index (χ1) is 15.4. The van der Waals surface area contributed by atoms with Gasteiger partial charge in [0.2, 0.25) is 0 Å². The minimum Gasteiger partial charge on any atom is -0.508 e. The molecule has 5 rings (SSSR count). The molecule has 2 aromatic heterocycles. The Kier molecular flexibility index (Phi) is 4.11. The van der Waals surface area contributed by atoms with Crippen LogP contribution in [0.5, 0.6) is 11.5 Å². The SMILES string of the molecule is N#Cc1c2c(n(-c3ccc(O)cc3)c1N)Cc1c(C#N)c(N)n(-c3ccc(O)cc3)c1C2. The summed E-state index contributed by atoms with van der Waals surface area (Å²) in [6, 6.07) is 17.6. The summed E-state index contributed by atoms with van der Waals surface area (Å²) in [6.45, 7) is 0. The lowest BCUT2D eigenvalue weighted by atomic mass is 9.91. The van der Waals surface area contributed by atoms with Crippen LogP contribution in [0, 0.1) is 22.7 Å². The molecule has 0 amide bonds. The van der Waals surface area contributed by atoms with Crippen LogP contribution in [0.3, 0.4) is 0 Å². The van der Waals surface area contributed by atoms with E-state index in [0.29, 0.717) is 47.0 Å². The fourth-order valence-corrected chi connectivity index (χ4v) is 4.51. The van der Waals surface area contributed by atoms with Crippen LogP contribution in [0.1, 0.15) is 33.6 Å². The number of hydrogen-bond donors (Lipinski definition) is 4. The van der Waals surface area contributed by atoms with Crippen molar-refractivity contribution < 1.29 is 10.2 Å². The van der Waals surface area contributed by atoms with Crippen LogP contribution in [-0.4, -0.2) is 19.3 Å². The molecule has 1 aliphatic carbocycles. The lowest BCUT2D eigenvalue weighted by Gasteiger charge is -2.20. The number of nitrogen functional groups attached to an aromatic ring is 2. The number of hydrogen-bond acceptors (Lipinski definition) is 6. The van der Waals surface area contributed by atoms with Crippen molar-refractivity contribution in [1.82, 2.24) is 9.13 Å². The molecule has 0 radical (unpaired) electrons.